The van der Waals surface area contributed by atoms with Crippen molar-refractivity contribution in [2.75, 3.05) is 0 Å². The van der Waals surface area contributed by atoms with Gasteiger partial charge in [-0.05, 0) is 61.0 Å². The standard InChI is InChI=1S/C29H27N7O/c1-5-18(14-20(6-2)32-29(37)17(3)4)22-9-10-24-27(34-22)28(36-35-24)25-15-21-23(33-25)11-13-31-26(21)19-8-7-12-30-16-19/h5-17,33H,2H2,1,3-4H3,(H,32,37)(H,35,36)/b18-5+,20-14+. The summed E-state index contributed by atoms with van der Waals surface area (Å²) in [6.45, 7) is 9.47. The summed E-state index contributed by atoms with van der Waals surface area (Å²) in [5, 5.41) is 11.5. The number of pyridine rings is 3. The molecule has 0 aliphatic heterocycles. The van der Waals surface area contributed by atoms with Gasteiger partial charge < -0.3 is 10.3 Å². The summed E-state index contributed by atoms with van der Waals surface area (Å²) >= 11 is 0. The highest BCUT2D eigenvalue weighted by molar-refractivity contribution is 5.99. The van der Waals surface area contributed by atoms with E-state index in [2.05, 4.69) is 37.0 Å². The van der Waals surface area contributed by atoms with E-state index < -0.39 is 0 Å². The van der Waals surface area contributed by atoms with Gasteiger partial charge in [-0.2, -0.15) is 5.10 Å². The Hall–Kier alpha value is -4.85. The molecule has 0 aliphatic rings. The highest BCUT2D eigenvalue weighted by Gasteiger charge is 2.16. The molecule has 8 heteroatoms. The third-order valence-corrected chi connectivity index (χ3v) is 6.08. The second-order valence-corrected chi connectivity index (χ2v) is 8.90. The third kappa shape index (κ3) is 4.69. The number of carbonyl (C=O) groups excluding carboxylic acids is 1. The predicted molar refractivity (Wildman–Crippen MR) is 147 cm³/mol. The molecule has 0 radical (unpaired) electrons. The Morgan fingerprint density at radius 1 is 1.11 bits per heavy atom. The maximum atomic E-state index is 12.2. The fourth-order valence-electron chi connectivity index (χ4n) is 4.07. The van der Waals surface area contributed by atoms with E-state index >= 15 is 0 Å². The summed E-state index contributed by atoms with van der Waals surface area (Å²) in [6, 6.07) is 11.8. The Labute approximate surface area is 214 Å². The normalized spacial score (nSPS) is 12.4. The summed E-state index contributed by atoms with van der Waals surface area (Å²) in [6.07, 6.45) is 10.8. The van der Waals surface area contributed by atoms with E-state index in [1.54, 1.807) is 24.7 Å². The molecule has 5 aromatic rings. The van der Waals surface area contributed by atoms with Gasteiger partial charge in [0.25, 0.3) is 0 Å². The number of aromatic nitrogens is 6. The van der Waals surface area contributed by atoms with Gasteiger partial charge in [0.2, 0.25) is 5.91 Å². The molecule has 3 N–H and O–H groups in total. The molecule has 0 unspecified atom stereocenters. The van der Waals surface area contributed by atoms with Crippen LogP contribution in [-0.2, 0) is 4.79 Å². The minimum Gasteiger partial charge on any atom is -0.353 e. The van der Waals surface area contributed by atoms with Crippen LogP contribution in [0, 0.1) is 5.92 Å². The molecule has 1 amide bonds. The molecule has 0 saturated carbocycles. The molecule has 0 spiro atoms. The Balaban J connectivity index is 1.56. The Morgan fingerprint density at radius 2 is 1.97 bits per heavy atom. The van der Waals surface area contributed by atoms with Gasteiger partial charge in [-0.25, -0.2) is 4.98 Å². The number of fused-ring (bicyclic) bond motifs is 2. The molecular weight excluding hydrogens is 462 g/mol. The first-order chi connectivity index (χ1) is 18.0. The Bertz CT molecular complexity index is 1670. The lowest BCUT2D eigenvalue weighted by atomic mass is 10.1. The highest BCUT2D eigenvalue weighted by Crippen LogP contribution is 2.32. The maximum Gasteiger partial charge on any atom is 0.226 e. The zero-order valence-electron chi connectivity index (χ0n) is 20.9. The zero-order valence-corrected chi connectivity index (χ0v) is 20.9. The third-order valence-electron chi connectivity index (χ3n) is 6.08. The number of aromatic amines is 2. The van der Waals surface area contributed by atoms with Crippen molar-refractivity contribution in [3.63, 3.8) is 0 Å². The fraction of sp³-hybridized carbons (Fsp3) is 0.138. The zero-order chi connectivity index (χ0) is 25.9. The smallest absolute Gasteiger partial charge is 0.226 e. The van der Waals surface area contributed by atoms with Crippen LogP contribution in [0.4, 0.5) is 0 Å². The topological polar surface area (TPSA) is 112 Å². The molecule has 5 heterocycles. The summed E-state index contributed by atoms with van der Waals surface area (Å²) in [5.41, 5.74) is 8.06. The van der Waals surface area contributed by atoms with Crippen LogP contribution in [0.15, 0.2) is 85.5 Å². The molecule has 0 bridgehead atoms. The van der Waals surface area contributed by atoms with E-state index in [-0.39, 0.29) is 11.8 Å². The van der Waals surface area contributed by atoms with Crippen LogP contribution in [0.1, 0.15) is 26.5 Å². The molecule has 0 saturated heterocycles. The van der Waals surface area contributed by atoms with Gasteiger partial charge in [-0.15, -0.1) is 0 Å². The molecular formula is C29H27N7O. The van der Waals surface area contributed by atoms with Crippen molar-refractivity contribution in [1.82, 2.24) is 35.5 Å². The van der Waals surface area contributed by atoms with Crippen molar-refractivity contribution < 1.29 is 4.79 Å². The summed E-state index contributed by atoms with van der Waals surface area (Å²) < 4.78 is 0. The van der Waals surface area contributed by atoms with E-state index in [0.29, 0.717) is 11.4 Å². The largest absolute Gasteiger partial charge is 0.353 e. The second kappa shape index (κ2) is 10.0. The lowest BCUT2D eigenvalue weighted by molar-refractivity contribution is -0.123. The molecule has 0 atom stereocenters. The number of allylic oxidation sites excluding steroid dienone is 4. The lowest BCUT2D eigenvalue weighted by Gasteiger charge is -2.10. The van der Waals surface area contributed by atoms with Gasteiger partial charge in [0.15, 0.2) is 0 Å². The monoisotopic (exact) mass is 489 g/mol. The van der Waals surface area contributed by atoms with Crippen molar-refractivity contribution in [3.8, 4) is 22.6 Å². The lowest BCUT2D eigenvalue weighted by Crippen LogP contribution is -2.26. The SMILES string of the molecule is C=C/C(=C\C(=C/C)c1ccc2[nH]nc(-c3cc4c(-c5cccnc5)nccc4[nH]3)c2n1)NC(=O)C(C)C. The number of hydrogen-bond acceptors (Lipinski definition) is 5. The van der Waals surface area contributed by atoms with E-state index in [1.807, 2.05) is 69.3 Å². The van der Waals surface area contributed by atoms with Gasteiger partial charge in [-0.3, -0.25) is 19.9 Å². The van der Waals surface area contributed by atoms with E-state index in [0.717, 1.165) is 50.2 Å². The first kappa shape index (κ1) is 23.9. The van der Waals surface area contributed by atoms with Gasteiger partial charge in [-0.1, -0.05) is 26.5 Å². The summed E-state index contributed by atoms with van der Waals surface area (Å²) in [4.78, 5) is 29.4. The first-order valence-electron chi connectivity index (χ1n) is 12.0. The molecule has 0 fully saturated rings. The minimum atomic E-state index is -0.134. The number of nitrogens with one attached hydrogen (secondary N) is 3. The number of carbonyl (C=O) groups is 1. The van der Waals surface area contributed by atoms with Crippen LogP contribution in [0.3, 0.4) is 0 Å². The highest BCUT2D eigenvalue weighted by atomic mass is 16.1. The average Bonchev–Trinajstić information content (AvgIpc) is 3.54. The van der Waals surface area contributed by atoms with Gasteiger partial charge in [0.1, 0.15) is 11.2 Å². The van der Waals surface area contributed by atoms with Crippen LogP contribution < -0.4 is 5.32 Å². The number of amides is 1. The van der Waals surface area contributed by atoms with Crippen molar-refractivity contribution in [2.24, 2.45) is 5.92 Å². The van der Waals surface area contributed by atoms with Gasteiger partial charge in [0.05, 0.1) is 22.6 Å². The molecule has 8 nitrogen and oxygen atoms in total. The molecule has 0 aromatic carbocycles. The van der Waals surface area contributed by atoms with Crippen LogP contribution in [0.5, 0.6) is 0 Å². The van der Waals surface area contributed by atoms with Crippen molar-refractivity contribution in [3.05, 3.63) is 91.2 Å². The van der Waals surface area contributed by atoms with Crippen molar-refractivity contribution in [2.45, 2.75) is 20.8 Å². The maximum absolute atomic E-state index is 12.2. The quantitative estimate of drug-likeness (QED) is 0.250. The van der Waals surface area contributed by atoms with Crippen LogP contribution in [0.25, 0.3) is 50.2 Å². The van der Waals surface area contributed by atoms with E-state index in [4.69, 9.17) is 4.98 Å². The molecule has 37 heavy (non-hydrogen) atoms. The minimum absolute atomic E-state index is 0.0684. The van der Waals surface area contributed by atoms with Crippen LogP contribution >= 0.6 is 0 Å². The number of H-pyrrole nitrogens is 2. The fourth-order valence-corrected chi connectivity index (χ4v) is 4.07. The van der Waals surface area contributed by atoms with Crippen LogP contribution in [0.2, 0.25) is 0 Å². The van der Waals surface area contributed by atoms with E-state index in [1.165, 1.54) is 0 Å². The number of rotatable bonds is 7. The second-order valence-electron chi connectivity index (χ2n) is 8.90. The van der Waals surface area contributed by atoms with Crippen molar-refractivity contribution >= 4 is 33.4 Å². The van der Waals surface area contributed by atoms with Gasteiger partial charge in [0, 0.05) is 46.7 Å². The van der Waals surface area contributed by atoms with Crippen molar-refractivity contribution in [1.29, 1.82) is 0 Å². The molecule has 5 rings (SSSR count). The summed E-state index contributed by atoms with van der Waals surface area (Å²) in [7, 11) is 0. The molecule has 0 aliphatic carbocycles. The average molecular weight is 490 g/mol. The first-order valence-corrected chi connectivity index (χ1v) is 12.0. The molecule has 5 aromatic heterocycles. The number of hydrogen-bond donors (Lipinski definition) is 3. The predicted octanol–water partition coefficient (Wildman–Crippen LogP) is 5.81. The summed E-state index contributed by atoms with van der Waals surface area (Å²) in [5.74, 6) is -0.202. The van der Waals surface area contributed by atoms with Gasteiger partial charge >= 0.3 is 0 Å². The van der Waals surface area contributed by atoms with E-state index in [9.17, 15) is 4.79 Å². The molecule has 184 valence electrons. The number of nitrogens with zero attached hydrogens (tertiary/aromatic N) is 4. The Morgan fingerprint density at radius 3 is 2.70 bits per heavy atom. The Kier molecular flexibility index (Phi) is 6.47. The van der Waals surface area contributed by atoms with Crippen LogP contribution in [-0.4, -0.2) is 36.0 Å².